The predicted molar refractivity (Wildman–Crippen MR) is 95.6 cm³/mol. The maximum Gasteiger partial charge on any atom is 0.346 e. The normalized spacial score (nSPS) is 15.5. The van der Waals surface area contributed by atoms with Crippen LogP contribution in [-0.4, -0.2) is 25.0 Å². The molecular weight excluding hydrogens is 388 g/mol. The van der Waals surface area contributed by atoms with E-state index in [1.807, 2.05) is 24.3 Å². The third-order valence-corrected chi connectivity index (χ3v) is 4.18. The lowest BCUT2D eigenvalue weighted by atomic mass is 10.1. The summed E-state index contributed by atoms with van der Waals surface area (Å²) < 4.78 is 16.8. The van der Waals surface area contributed by atoms with Gasteiger partial charge in [0.05, 0.1) is 12.7 Å². The fourth-order valence-corrected chi connectivity index (χ4v) is 2.63. The minimum atomic E-state index is -0.752. The van der Waals surface area contributed by atoms with Crippen molar-refractivity contribution in [1.29, 1.82) is 0 Å². The summed E-state index contributed by atoms with van der Waals surface area (Å²) in [6.45, 7) is 1.59. The number of allylic oxidation sites excluding steroid dienone is 1. The second kappa shape index (κ2) is 7.11. The molecule has 1 atom stereocenters. The molecule has 2 aromatic carbocycles. The Morgan fingerprint density at radius 1 is 1.20 bits per heavy atom. The van der Waals surface area contributed by atoms with Crippen LogP contribution in [0.15, 0.2) is 52.7 Å². The Kier molecular flexibility index (Phi) is 4.90. The third kappa shape index (κ3) is 3.74. The minimum absolute atomic E-state index is 0.189. The molecule has 0 radical (unpaired) electrons. The summed E-state index contributed by atoms with van der Waals surface area (Å²) in [7, 11) is 1.30. The zero-order chi connectivity index (χ0) is 18.0. The van der Waals surface area contributed by atoms with Crippen LogP contribution in [0.4, 0.5) is 0 Å². The molecule has 128 valence electrons. The first-order valence-electron chi connectivity index (χ1n) is 7.56. The van der Waals surface area contributed by atoms with Gasteiger partial charge in [-0.15, -0.1) is 0 Å². The van der Waals surface area contributed by atoms with Gasteiger partial charge >= 0.3 is 5.97 Å². The Bertz CT molecular complexity index is 855. The van der Waals surface area contributed by atoms with Crippen LogP contribution < -0.4 is 9.47 Å². The fourth-order valence-electron chi connectivity index (χ4n) is 2.37. The van der Waals surface area contributed by atoms with Crippen molar-refractivity contribution in [2.45, 2.75) is 13.0 Å². The van der Waals surface area contributed by atoms with Gasteiger partial charge in [-0.1, -0.05) is 28.1 Å². The van der Waals surface area contributed by atoms with Crippen LogP contribution in [0.25, 0.3) is 6.08 Å². The zero-order valence-corrected chi connectivity index (χ0v) is 15.2. The Labute approximate surface area is 153 Å². The number of rotatable bonds is 4. The van der Waals surface area contributed by atoms with Crippen molar-refractivity contribution in [2.75, 3.05) is 7.11 Å². The number of esters is 1. The molecule has 25 heavy (non-hydrogen) atoms. The summed E-state index contributed by atoms with van der Waals surface area (Å²) in [5.74, 6) is 0.409. The highest BCUT2D eigenvalue weighted by atomic mass is 79.9. The Morgan fingerprint density at radius 3 is 2.60 bits per heavy atom. The molecule has 0 spiro atoms. The van der Waals surface area contributed by atoms with Crippen LogP contribution in [0, 0.1) is 0 Å². The molecule has 3 rings (SSSR count). The molecule has 2 aromatic rings. The number of fused-ring (bicyclic) bond motifs is 1. The molecule has 0 aliphatic carbocycles. The van der Waals surface area contributed by atoms with Gasteiger partial charge in [0.2, 0.25) is 5.78 Å². The molecular formula is C19H15BrO5. The van der Waals surface area contributed by atoms with Crippen molar-refractivity contribution in [3.05, 3.63) is 63.8 Å². The molecule has 0 saturated heterocycles. The average molecular weight is 403 g/mol. The van der Waals surface area contributed by atoms with E-state index in [2.05, 4.69) is 20.7 Å². The van der Waals surface area contributed by atoms with Crippen molar-refractivity contribution >= 4 is 33.8 Å². The van der Waals surface area contributed by atoms with E-state index in [0.29, 0.717) is 17.1 Å². The molecule has 0 fully saturated rings. The Hall–Kier alpha value is -2.60. The van der Waals surface area contributed by atoms with Crippen LogP contribution in [0.3, 0.4) is 0 Å². The van der Waals surface area contributed by atoms with Gasteiger partial charge in [0, 0.05) is 10.5 Å². The molecule has 0 N–H and O–H groups in total. The van der Waals surface area contributed by atoms with Crippen LogP contribution in [0.5, 0.6) is 11.5 Å². The van der Waals surface area contributed by atoms with Gasteiger partial charge in [0.25, 0.3) is 0 Å². The van der Waals surface area contributed by atoms with Crippen molar-refractivity contribution < 1.29 is 23.8 Å². The first-order chi connectivity index (χ1) is 12.0. The predicted octanol–water partition coefficient (Wildman–Crippen LogP) is 4.01. The summed E-state index contributed by atoms with van der Waals surface area (Å²) >= 11 is 3.37. The van der Waals surface area contributed by atoms with Crippen LogP contribution in [0.1, 0.15) is 22.8 Å². The molecule has 0 unspecified atom stereocenters. The van der Waals surface area contributed by atoms with Crippen molar-refractivity contribution in [3.8, 4) is 11.5 Å². The maximum atomic E-state index is 12.4. The Morgan fingerprint density at radius 2 is 1.92 bits per heavy atom. The van der Waals surface area contributed by atoms with E-state index >= 15 is 0 Å². The molecule has 1 aliphatic rings. The standard InChI is InChI=1S/C19H15BrO5/c1-11(19(22)23-2)24-14-7-8-15-16(10-14)25-17(18(15)21)9-12-3-5-13(20)6-4-12/h3-11H,1-2H3/t11-/m0/s1. The largest absolute Gasteiger partial charge is 0.479 e. The summed E-state index contributed by atoms with van der Waals surface area (Å²) in [6.07, 6.45) is 0.935. The van der Waals surface area contributed by atoms with Gasteiger partial charge in [-0.2, -0.15) is 0 Å². The summed E-state index contributed by atoms with van der Waals surface area (Å²) in [4.78, 5) is 23.9. The van der Waals surface area contributed by atoms with E-state index in [1.165, 1.54) is 7.11 Å². The van der Waals surface area contributed by atoms with E-state index in [4.69, 9.17) is 9.47 Å². The molecule has 1 aliphatic heterocycles. The molecule has 1 heterocycles. The van der Waals surface area contributed by atoms with E-state index in [9.17, 15) is 9.59 Å². The molecule has 0 aromatic heterocycles. The first-order valence-corrected chi connectivity index (χ1v) is 8.35. The van der Waals surface area contributed by atoms with E-state index in [0.717, 1.165) is 10.0 Å². The maximum absolute atomic E-state index is 12.4. The third-order valence-electron chi connectivity index (χ3n) is 3.66. The van der Waals surface area contributed by atoms with Gasteiger partial charge < -0.3 is 14.2 Å². The number of benzene rings is 2. The number of methoxy groups -OCH3 is 1. The summed E-state index contributed by atoms with van der Waals surface area (Å²) in [6, 6.07) is 12.4. The van der Waals surface area contributed by atoms with Crippen LogP contribution in [0.2, 0.25) is 0 Å². The zero-order valence-electron chi connectivity index (χ0n) is 13.6. The highest BCUT2D eigenvalue weighted by Crippen LogP contribution is 2.35. The van der Waals surface area contributed by atoms with E-state index in [-0.39, 0.29) is 11.5 Å². The van der Waals surface area contributed by atoms with Gasteiger partial charge in [-0.05, 0) is 42.8 Å². The van der Waals surface area contributed by atoms with Crippen LogP contribution >= 0.6 is 15.9 Å². The lowest BCUT2D eigenvalue weighted by molar-refractivity contribution is -0.147. The second-order valence-corrected chi connectivity index (χ2v) is 6.35. The van der Waals surface area contributed by atoms with Crippen molar-refractivity contribution in [2.24, 2.45) is 0 Å². The highest BCUT2D eigenvalue weighted by molar-refractivity contribution is 9.10. The molecule has 6 heteroatoms. The smallest absolute Gasteiger partial charge is 0.346 e. The van der Waals surface area contributed by atoms with Gasteiger partial charge in [-0.3, -0.25) is 4.79 Å². The number of carbonyl (C=O) groups excluding carboxylic acids is 2. The van der Waals surface area contributed by atoms with Crippen molar-refractivity contribution in [1.82, 2.24) is 0 Å². The number of carbonyl (C=O) groups is 2. The average Bonchev–Trinajstić information content (AvgIpc) is 2.91. The SMILES string of the molecule is COC(=O)[C@H](C)Oc1ccc2c(c1)OC(=Cc1ccc(Br)cc1)C2=O. The van der Waals surface area contributed by atoms with Gasteiger partial charge in [-0.25, -0.2) is 4.79 Å². The molecule has 0 bridgehead atoms. The number of ether oxygens (including phenoxy) is 3. The first kappa shape index (κ1) is 17.2. The van der Waals surface area contributed by atoms with Gasteiger partial charge in [0.15, 0.2) is 11.9 Å². The van der Waals surface area contributed by atoms with E-state index in [1.54, 1.807) is 31.2 Å². The fraction of sp³-hybridized carbons (Fsp3) is 0.158. The Balaban J connectivity index is 1.81. The number of ketones is 1. The van der Waals surface area contributed by atoms with Crippen molar-refractivity contribution in [3.63, 3.8) is 0 Å². The summed E-state index contributed by atoms with van der Waals surface area (Å²) in [5, 5.41) is 0. The van der Waals surface area contributed by atoms with E-state index < -0.39 is 12.1 Å². The topological polar surface area (TPSA) is 61.8 Å². The number of Topliss-reactive ketones (excluding diaryl/α,β-unsaturated/α-hetero) is 1. The number of halogens is 1. The van der Waals surface area contributed by atoms with Gasteiger partial charge in [0.1, 0.15) is 11.5 Å². The molecule has 5 nitrogen and oxygen atoms in total. The lowest BCUT2D eigenvalue weighted by Crippen LogP contribution is -2.24. The summed E-state index contributed by atoms with van der Waals surface area (Å²) in [5.41, 5.74) is 1.32. The highest BCUT2D eigenvalue weighted by Gasteiger charge is 2.28. The second-order valence-electron chi connectivity index (χ2n) is 5.43. The minimum Gasteiger partial charge on any atom is -0.479 e. The monoisotopic (exact) mass is 402 g/mol. The number of hydrogen-bond acceptors (Lipinski definition) is 5. The van der Waals surface area contributed by atoms with Crippen LogP contribution in [-0.2, 0) is 9.53 Å². The quantitative estimate of drug-likeness (QED) is 0.571. The molecule has 0 saturated carbocycles. The number of hydrogen-bond donors (Lipinski definition) is 0. The molecule has 0 amide bonds. The lowest BCUT2D eigenvalue weighted by Gasteiger charge is -2.12.